The molecule has 1 N–H and O–H groups in total. The van der Waals surface area contributed by atoms with Crippen molar-refractivity contribution in [3.8, 4) is 0 Å². The maximum atomic E-state index is 13.3. The van der Waals surface area contributed by atoms with Crippen molar-refractivity contribution in [1.82, 2.24) is 10.2 Å². The van der Waals surface area contributed by atoms with Crippen LogP contribution in [-0.4, -0.2) is 36.0 Å². The summed E-state index contributed by atoms with van der Waals surface area (Å²) < 4.78 is 13.3. The summed E-state index contributed by atoms with van der Waals surface area (Å²) in [5.74, 6) is -0.0285. The number of benzene rings is 1. The second-order valence-corrected chi connectivity index (χ2v) is 8.65. The minimum Gasteiger partial charge on any atom is -0.336 e. The number of allylic oxidation sites excluding steroid dienone is 1. The summed E-state index contributed by atoms with van der Waals surface area (Å²) in [6.07, 6.45) is 5.06. The summed E-state index contributed by atoms with van der Waals surface area (Å²) in [7, 11) is 0. The molecule has 0 saturated carbocycles. The lowest BCUT2D eigenvalue weighted by molar-refractivity contribution is -0.128. The van der Waals surface area contributed by atoms with Crippen LogP contribution >= 0.6 is 0 Å². The van der Waals surface area contributed by atoms with Crippen LogP contribution in [0.25, 0.3) is 5.57 Å². The summed E-state index contributed by atoms with van der Waals surface area (Å²) in [5.41, 5.74) is 3.24. The molecule has 2 aliphatic heterocycles. The zero-order valence-electron chi connectivity index (χ0n) is 15.1. The highest BCUT2D eigenvalue weighted by Gasteiger charge is 2.37. The third kappa shape index (κ3) is 3.37. The predicted octanol–water partition coefficient (Wildman–Crippen LogP) is 3.75. The van der Waals surface area contributed by atoms with Gasteiger partial charge in [-0.25, -0.2) is 4.39 Å². The van der Waals surface area contributed by atoms with Crippen molar-refractivity contribution in [1.29, 1.82) is 0 Å². The standard InChI is InChI=1S/C21H27FN2O/c1-21(2)10-9-18(19(11-21)14-3-5-15(22)6-4-14)20(25)24-12-16-7-8-17(13-24)23-16/h3-6,16-17,23H,7-13H2,1-2H3. The number of nitrogens with one attached hydrogen (secondary N) is 1. The smallest absolute Gasteiger partial charge is 0.250 e. The van der Waals surface area contributed by atoms with E-state index in [4.69, 9.17) is 0 Å². The first-order valence-corrected chi connectivity index (χ1v) is 9.45. The Morgan fingerprint density at radius 1 is 1.16 bits per heavy atom. The van der Waals surface area contributed by atoms with Crippen LogP contribution in [0.4, 0.5) is 4.39 Å². The molecule has 3 aliphatic rings. The van der Waals surface area contributed by atoms with E-state index in [0.717, 1.165) is 49.1 Å². The molecule has 0 aromatic heterocycles. The molecule has 2 saturated heterocycles. The maximum Gasteiger partial charge on any atom is 0.250 e. The molecule has 1 amide bonds. The summed E-state index contributed by atoms with van der Waals surface area (Å²) in [6, 6.07) is 7.55. The van der Waals surface area contributed by atoms with Gasteiger partial charge in [0.25, 0.3) is 0 Å². The van der Waals surface area contributed by atoms with Gasteiger partial charge < -0.3 is 10.2 Å². The number of likely N-dealkylation sites (tertiary alicyclic amines) is 1. The van der Waals surface area contributed by atoms with Crippen LogP contribution in [0, 0.1) is 11.2 Å². The lowest BCUT2D eigenvalue weighted by Gasteiger charge is -2.37. The van der Waals surface area contributed by atoms with Crippen molar-refractivity contribution in [2.24, 2.45) is 5.41 Å². The monoisotopic (exact) mass is 342 g/mol. The fourth-order valence-electron chi connectivity index (χ4n) is 4.60. The van der Waals surface area contributed by atoms with Crippen LogP contribution in [0.1, 0.15) is 51.5 Å². The second kappa shape index (κ2) is 6.24. The Morgan fingerprint density at radius 3 is 2.44 bits per heavy atom. The number of carbonyl (C=O) groups excluding carboxylic acids is 1. The van der Waals surface area contributed by atoms with E-state index in [9.17, 15) is 9.18 Å². The number of amides is 1. The maximum absolute atomic E-state index is 13.3. The molecule has 4 heteroatoms. The first-order chi connectivity index (χ1) is 11.9. The lowest BCUT2D eigenvalue weighted by atomic mass is 9.72. The van der Waals surface area contributed by atoms with Crippen molar-refractivity contribution >= 4 is 11.5 Å². The van der Waals surface area contributed by atoms with Gasteiger partial charge in [0.1, 0.15) is 5.82 Å². The molecular weight excluding hydrogens is 315 g/mol. The predicted molar refractivity (Wildman–Crippen MR) is 97.5 cm³/mol. The first-order valence-electron chi connectivity index (χ1n) is 9.45. The van der Waals surface area contributed by atoms with E-state index >= 15 is 0 Å². The molecule has 0 spiro atoms. The summed E-state index contributed by atoms with van der Waals surface area (Å²) in [6.45, 7) is 6.14. The van der Waals surface area contributed by atoms with Gasteiger partial charge in [-0.15, -0.1) is 0 Å². The quantitative estimate of drug-likeness (QED) is 0.888. The van der Waals surface area contributed by atoms with E-state index in [0.29, 0.717) is 12.1 Å². The van der Waals surface area contributed by atoms with Crippen molar-refractivity contribution in [2.75, 3.05) is 13.1 Å². The zero-order chi connectivity index (χ0) is 17.6. The number of fused-ring (bicyclic) bond motifs is 2. The summed E-state index contributed by atoms with van der Waals surface area (Å²) in [5, 5.41) is 3.59. The van der Waals surface area contributed by atoms with Gasteiger partial charge in [-0.05, 0) is 60.8 Å². The van der Waals surface area contributed by atoms with Crippen LogP contribution < -0.4 is 5.32 Å². The highest BCUT2D eigenvalue weighted by Crippen LogP contribution is 2.43. The highest BCUT2D eigenvalue weighted by atomic mass is 19.1. The van der Waals surface area contributed by atoms with E-state index in [2.05, 4.69) is 24.1 Å². The number of carbonyl (C=O) groups is 1. The number of hydrogen-bond donors (Lipinski definition) is 1. The Bertz CT molecular complexity index is 695. The van der Waals surface area contributed by atoms with Gasteiger partial charge in [0, 0.05) is 30.7 Å². The van der Waals surface area contributed by atoms with Crippen LogP contribution in [0.3, 0.4) is 0 Å². The van der Waals surface area contributed by atoms with E-state index in [1.165, 1.54) is 25.0 Å². The SMILES string of the molecule is CC1(C)CCC(C(=O)N2CC3CCC(C2)N3)=C(c2ccc(F)cc2)C1. The Labute approximate surface area is 149 Å². The Morgan fingerprint density at radius 2 is 1.80 bits per heavy atom. The van der Waals surface area contributed by atoms with E-state index in [-0.39, 0.29) is 17.1 Å². The Hall–Kier alpha value is -1.68. The largest absolute Gasteiger partial charge is 0.336 e. The fourth-order valence-corrected chi connectivity index (χ4v) is 4.60. The minimum absolute atomic E-state index is 0.177. The van der Waals surface area contributed by atoms with Crippen LogP contribution in [0.2, 0.25) is 0 Å². The number of halogens is 1. The normalized spacial score (nSPS) is 28.4. The van der Waals surface area contributed by atoms with Gasteiger partial charge in [0.05, 0.1) is 0 Å². The van der Waals surface area contributed by atoms with E-state index < -0.39 is 0 Å². The molecule has 1 aromatic rings. The topological polar surface area (TPSA) is 32.3 Å². The molecule has 1 aromatic carbocycles. The van der Waals surface area contributed by atoms with Gasteiger partial charge in [0.15, 0.2) is 0 Å². The Kier molecular flexibility index (Phi) is 4.19. The van der Waals surface area contributed by atoms with Gasteiger partial charge in [0.2, 0.25) is 5.91 Å². The molecule has 2 atom stereocenters. The van der Waals surface area contributed by atoms with Gasteiger partial charge in [-0.2, -0.15) is 0 Å². The Balaban J connectivity index is 1.67. The molecule has 4 rings (SSSR count). The number of nitrogens with zero attached hydrogens (tertiary/aromatic N) is 1. The minimum atomic E-state index is -0.231. The average Bonchev–Trinajstić information content (AvgIpc) is 2.92. The van der Waals surface area contributed by atoms with Crippen molar-refractivity contribution in [3.63, 3.8) is 0 Å². The molecule has 2 heterocycles. The molecule has 1 aliphatic carbocycles. The summed E-state index contributed by atoms with van der Waals surface area (Å²) >= 11 is 0. The fraction of sp³-hybridized carbons (Fsp3) is 0.571. The van der Waals surface area contributed by atoms with E-state index in [1.54, 1.807) is 0 Å². The molecule has 2 bridgehead atoms. The van der Waals surface area contributed by atoms with Gasteiger partial charge in [-0.3, -0.25) is 4.79 Å². The molecule has 134 valence electrons. The average molecular weight is 342 g/mol. The second-order valence-electron chi connectivity index (χ2n) is 8.65. The van der Waals surface area contributed by atoms with E-state index in [1.807, 2.05) is 12.1 Å². The molecule has 2 fully saturated rings. The third-order valence-corrected chi connectivity index (χ3v) is 6.03. The first kappa shape index (κ1) is 16.8. The third-order valence-electron chi connectivity index (χ3n) is 6.03. The lowest BCUT2D eigenvalue weighted by Crippen LogP contribution is -2.53. The van der Waals surface area contributed by atoms with Crippen LogP contribution in [0.15, 0.2) is 29.8 Å². The highest BCUT2D eigenvalue weighted by molar-refractivity contribution is 6.01. The van der Waals surface area contributed by atoms with Crippen molar-refractivity contribution < 1.29 is 9.18 Å². The number of piperazine rings is 1. The zero-order valence-corrected chi connectivity index (χ0v) is 15.1. The number of hydrogen-bond acceptors (Lipinski definition) is 2. The molecule has 25 heavy (non-hydrogen) atoms. The molecular formula is C21H27FN2O. The van der Waals surface area contributed by atoms with Crippen LogP contribution in [-0.2, 0) is 4.79 Å². The van der Waals surface area contributed by atoms with Gasteiger partial charge >= 0.3 is 0 Å². The van der Waals surface area contributed by atoms with Crippen molar-refractivity contribution in [2.45, 2.75) is 58.0 Å². The summed E-state index contributed by atoms with van der Waals surface area (Å²) in [4.78, 5) is 15.4. The van der Waals surface area contributed by atoms with Crippen LogP contribution in [0.5, 0.6) is 0 Å². The molecule has 2 unspecified atom stereocenters. The van der Waals surface area contributed by atoms with Gasteiger partial charge in [-0.1, -0.05) is 26.0 Å². The van der Waals surface area contributed by atoms with Crippen molar-refractivity contribution in [3.05, 3.63) is 41.2 Å². The molecule has 0 radical (unpaired) electrons. The number of rotatable bonds is 2. The molecule has 3 nitrogen and oxygen atoms in total.